The van der Waals surface area contributed by atoms with Crippen LogP contribution < -0.4 is 5.73 Å². The van der Waals surface area contributed by atoms with E-state index in [0.717, 1.165) is 0 Å². The molecule has 0 aliphatic carbocycles. The molecule has 0 aromatic rings. The van der Waals surface area contributed by atoms with Crippen molar-refractivity contribution in [1.29, 1.82) is 0 Å². The van der Waals surface area contributed by atoms with E-state index < -0.39 is 8.80 Å². The Bertz CT molecular complexity index is 62.0. The van der Waals surface area contributed by atoms with Crippen molar-refractivity contribution in [3.63, 3.8) is 0 Å². The molecule has 0 heterocycles. The third kappa shape index (κ3) is 6.06. The van der Waals surface area contributed by atoms with Crippen LogP contribution in [0.2, 0.25) is 6.04 Å². The van der Waals surface area contributed by atoms with Gasteiger partial charge in [-0.2, -0.15) is 0 Å². The minimum atomic E-state index is -4.00. The van der Waals surface area contributed by atoms with Crippen LogP contribution in [0.25, 0.3) is 0 Å². The molecule has 0 saturated heterocycles. The zero-order chi connectivity index (χ0) is 6.62. The normalized spacial score (nSPS) is 14.0. The molecule has 0 bridgehead atoms. The van der Waals surface area contributed by atoms with Gasteiger partial charge in [-0.15, -0.1) is 0 Å². The Hall–Kier alpha value is 0.0569. The Labute approximate surface area is 48.9 Å². The van der Waals surface area contributed by atoms with Gasteiger partial charge in [-0.1, -0.05) is 0 Å². The summed E-state index contributed by atoms with van der Waals surface area (Å²) in [4.78, 5) is 25.1. The van der Waals surface area contributed by atoms with Crippen molar-refractivity contribution in [3.05, 3.63) is 0 Å². The molecule has 0 aliphatic heterocycles. The molecule has 0 aromatic heterocycles. The van der Waals surface area contributed by atoms with Gasteiger partial charge < -0.3 is 0 Å². The average Bonchev–Trinajstić information content (AvgIpc) is 1.59. The van der Waals surface area contributed by atoms with Crippen molar-refractivity contribution >= 4 is 8.80 Å². The first kappa shape index (κ1) is 8.06. The second kappa shape index (κ2) is 3.16. The van der Waals surface area contributed by atoms with E-state index in [1.54, 1.807) is 0 Å². The third-order valence-corrected chi connectivity index (χ3v) is 1.98. The van der Waals surface area contributed by atoms with Gasteiger partial charge in [0.05, 0.1) is 0 Å². The average molecular weight is 138 g/mol. The van der Waals surface area contributed by atoms with E-state index in [2.05, 4.69) is 0 Å². The van der Waals surface area contributed by atoms with Crippen LogP contribution in [0, 0.1) is 0 Å². The van der Waals surface area contributed by atoms with E-state index in [0.29, 0.717) is 13.0 Å². The van der Waals surface area contributed by atoms with Gasteiger partial charge in [0.15, 0.2) is 0 Å². The van der Waals surface area contributed by atoms with Crippen molar-refractivity contribution < 1.29 is 14.4 Å². The Morgan fingerprint density at radius 2 is 1.75 bits per heavy atom. The Kier molecular flexibility index (Phi) is 3.18. The van der Waals surface area contributed by atoms with E-state index in [4.69, 9.17) is 20.1 Å². The predicted octanol–water partition coefficient (Wildman–Crippen LogP) is -2.02. The minimum absolute atomic E-state index is 0.0729. The van der Waals surface area contributed by atoms with Gasteiger partial charge in [0.25, 0.3) is 0 Å². The van der Waals surface area contributed by atoms with E-state index in [1.165, 1.54) is 0 Å². The number of rotatable bonds is 3. The van der Waals surface area contributed by atoms with Crippen molar-refractivity contribution in [1.82, 2.24) is 0 Å². The van der Waals surface area contributed by atoms with Crippen LogP contribution in [0.3, 0.4) is 0 Å². The summed E-state index contributed by atoms with van der Waals surface area (Å²) < 4.78 is 0. The standard InChI is InChI=1S/C3H12NO3Si/c4-2-1-3-8(5,6)7/h5-8H,1-4H2/q-1. The van der Waals surface area contributed by atoms with Crippen LogP contribution >= 0.6 is 0 Å². The van der Waals surface area contributed by atoms with Crippen molar-refractivity contribution in [2.24, 2.45) is 5.73 Å². The molecule has 0 aliphatic rings. The fraction of sp³-hybridized carbons (Fsp3) is 1.00. The molecular weight excluding hydrogens is 126 g/mol. The van der Waals surface area contributed by atoms with Crippen LogP contribution in [0.15, 0.2) is 0 Å². The van der Waals surface area contributed by atoms with Crippen molar-refractivity contribution in [3.8, 4) is 0 Å². The number of hydrogen-bond acceptors (Lipinski definition) is 4. The number of nitrogens with two attached hydrogens (primary N) is 1. The molecule has 52 valence electrons. The maximum atomic E-state index is 8.37. The van der Waals surface area contributed by atoms with Crippen LogP contribution in [-0.2, 0) is 0 Å². The zero-order valence-corrected chi connectivity index (χ0v) is 5.77. The maximum absolute atomic E-state index is 8.37. The Morgan fingerprint density at radius 3 is 1.88 bits per heavy atom. The molecule has 0 radical (unpaired) electrons. The van der Waals surface area contributed by atoms with E-state index in [1.807, 2.05) is 0 Å². The van der Waals surface area contributed by atoms with Gasteiger partial charge in [0.2, 0.25) is 0 Å². The predicted molar refractivity (Wildman–Crippen MR) is 32.3 cm³/mol. The topological polar surface area (TPSA) is 86.7 Å². The summed E-state index contributed by atoms with van der Waals surface area (Å²) in [6.07, 6.45) is 0.480. The summed E-state index contributed by atoms with van der Waals surface area (Å²) in [6, 6.07) is 0.0729. The van der Waals surface area contributed by atoms with Crippen LogP contribution in [0.5, 0.6) is 0 Å². The summed E-state index contributed by atoms with van der Waals surface area (Å²) in [5.74, 6) is 0. The SMILES string of the molecule is NCCC[SiH-](O)(O)O. The quantitative estimate of drug-likeness (QED) is 0.339. The molecule has 0 rings (SSSR count). The molecule has 0 aromatic carbocycles. The van der Waals surface area contributed by atoms with Gasteiger partial charge in [0.1, 0.15) is 0 Å². The van der Waals surface area contributed by atoms with Gasteiger partial charge >= 0.3 is 47.9 Å². The van der Waals surface area contributed by atoms with Gasteiger partial charge in [-0.25, -0.2) is 0 Å². The molecule has 0 amide bonds. The Balaban J connectivity index is 3.11. The fourth-order valence-corrected chi connectivity index (χ4v) is 1.18. The monoisotopic (exact) mass is 138 g/mol. The second-order valence-electron chi connectivity index (χ2n) is 1.83. The molecule has 4 nitrogen and oxygen atoms in total. The van der Waals surface area contributed by atoms with E-state index in [-0.39, 0.29) is 6.04 Å². The molecule has 0 spiro atoms. The van der Waals surface area contributed by atoms with Gasteiger partial charge in [0, 0.05) is 0 Å². The summed E-state index contributed by atoms with van der Waals surface area (Å²) in [6.45, 7) is 0.392. The van der Waals surface area contributed by atoms with Gasteiger partial charge in [-0.3, -0.25) is 0 Å². The second-order valence-corrected chi connectivity index (χ2v) is 4.19. The first-order chi connectivity index (χ1) is 3.56. The fourth-order valence-electron chi connectivity index (χ4n) is 0.392. The molecule has 5 heteroatoms. The molecule has 0 saturated carbocycles. The molecule has 8 heavy (non-hydrogen) atoms. The van der Waals surface area contributed by atoms with E-state index in [9.17, 15) is 0 Å². The third-order valence-electron chi connectivity index (χ3n) is 0.796. The van der Waals surface area contributed by atoms with Crippen LogP contribution in [0.1, 0.15) is 6.42 Å². The zero-order valence-electron chi connectivity index (χ0n) is 4.62. The first-order valence-corrected chi connectivity index (χ1v) is 4.96. The van der Waals surface area contributed by atoms with Crippen LogP contribution in [0.4, 0.5) is 0 Å². The molecule has 0 unspecified atom stereocenters. The van der Waals surface area contributed by atoms with Crippen LogP contribution in [-0.4, -0.2) is 29.7 Å². The summed E-state index contributed by atoms with van der Waals surface area (Å²) in [5.41, 5.74) is 5.03. The van der Waals surface area contributed by atoms with Crippen molar-refractivity contribution in [2.75, 3.05) is 6.54 Å². The Morgan fingerprint density at radius 1 is 1.25 bits per heavy atom. The molecular formula is C3H12NO3Si-. The molecule has 0 fully saturated rings. The van der Waals surface area contributed by atoms with Gasteiger partial charge in [-0.05, 0) is 0 Å². The molecule has 0 atom stereocenters. The summed E-state index contributed by atoms with van der Waals surface area (Å²) in [7, 11) is -4.00. The van der Waals surface area contributed by atoms with E-state index >= 15 is 0 Å². The van der Waals surface area contributed by atoms with Crippen molar-refractivity contribution in [2.45, 2.75) is 12.5 Å². The summed E-state index contributed by atoms with van der Waals surface area (Å²) in [5, 5.41) is 0. The summed E-state index contributed by atoms with van der Waals surface area (Å²) >= 11 is 0. The first-order valence-electron chi connectivity index (χ1n) is 2.59. The number of hydrogen-bond donors (Lipinski definition) is 4. The molecule has 5 N–H and O–H groups in total.